The Labute approximate surface area is 168 Å². The van der Waals surface area contributed by atoms with Crippen LogP contribution in [0.25, 0.3) is 10.7 Å². The third-order valence-electron chi connectivity index (χ3n) is 5.31. The molecular weight excluding hydrogens is 380 g/mol. The normalized spacial score (nSPS) is 21.6. The first-order valence-electron chi connectivity index (χ1n) is 9.82. The summed E-state index contributed by atoms with van der Waals surface area (Å²) in [6.07, 6.45) is 1.83. The van der Waals surface area contributed by atoms with E-state index in [1.165, 1.54) is 0 Å². The Hall–Kier alpha value is -1.81. The standard InChI is InChI=1S/C19H26N4O4S/c24-17(3-4-18-21-19(22-27-18)16-2-1-11-28-16)20-12-15(14-5-8-26-13-14)23-6-9-25-10-7-23/h1-2,11,14-15H,3-10,12-13H2,(H,20,24). The maximum atomic E-state index is 12.4. The highest BCUT2D eigenvalue weighted by Crippen LogP contribution is 2.23. The molecule has 0 saturated carbocycles. The first-order valence-corrected chi connectivity index (χ1v) is 10.7. The summed E-state index contributed by atoms with van der Waals surface area (Å²) in [5, 5.41) is 9.05. The van der Waals surface area contributed by atoms with Crippen LogP contribution in [0.15, 0.2) is 22.0 Å². The number of hydrogen-bond acceptors (Lipinski definition) is 8. The SMILES string of the molecule is O=C(CCc1nc(-c2cccs2)no1)NCC(C1CCOC1)N1CCOCC1. The smallest absolute Gasteiger partial charge is 0.227 e. The Balaban J connectivity index is 1.26. The molecule has 9 heteroatoms. The lowest BCUT2D eigenvalue weighted by molar-refractivity contribution is -0.121. The second-order valence-corrected chi connectivity index (χ2v) is 8.08. The molecule has 0 bridgehead atoms. The summed E-state index contributed by atoms with van der Waals surface area (Å²) in [5.41, 5.74) is 0. The molecular formula is C19H26N4O4S. The first kappa shape index (κ1) is 19.5. The van der Waals surface area contributed by atoms with Gasteiger partial charge >= 0.3 is 0 Å². The third-order valence-corrected chi connectivity index (χ3v) is 6.17. The molecule has 0 radical (unpaired) electrons. The van der Waals surface area contributed by atoms with Crippen molar-refractivity contribution in [2.24, 2.45) is 5.92 Å². The molecule has 2 aliphatic heterocycles. The fourth-order valence-corrected chi connectivity index (χ4v) is 4.40. The Kier molecular flexibility index (Phi) is 6.69. The molecule has 1 amide bonds. The van der Waals surface area contributed by atoms with Crippen LogP contribution in [0.3, 0.4) is 0 Å². The van der Waals surface area contributed by atoms with Gasteiger partial charge in [-0.1, -0.05) is 11.2 Å². The minimum absolute atomic E-state index is 0.00745. The quantitative estimate of drug-likeness (QED) is 0.712. The number of nitrogens with zero attached hydrogens (tertiary/aromatic N) is 3. The number of rotatable bonds is 8. The van der Waals surface area contributed by atoms with Gasteiger partial charge in [-0.3, -0.25) is 9.69 Å². The van der Waals surface area contributed by atoms with Crippen LogP contribution in [0, 0.1) is 5.92 Å². The number of amides is 1. The van der Waals surface area contributed by atoms with Crippen molar-refractivity contribution < 1.29 is 18.8 Å². The number of aryl methyl sites for hydroxylation is 1. The van der Waals surface area contributed by atoms with Crippen molar-refractivity contribution in [1.82, 2.24) is 20.4 Å². The summed E-state index contributed by atoms with van der Waals surface area (Å²) in [4.78, 5) is 20.1. The van der Waals surface area contributed by atoms with Crippen LogP contribution in [-0.2, 0) is 20.7 Å². The molecule has 8 nitrogen and oxygen atoms in total. The lowest BCUT2D eigenvalue weighted by atomic mass is 9.97. The summed E-state index contributed by atoms with van der Waals surface area (Å²) in [7, 11) is 0. The van der Waals surface area contributed by atoms with E-state index in [9.17, 15) is 4.79 Å². The summed E-state index contributed by atoms with van der Waals surface area (Å²) < 4.78 is 16.3. The molecule has 2 aliphatic rings. The van der Waals surface area contributed by atoms with E-state index >= 15 is 0 Å². The van der Waals surface area contributed by atoms with Crippen LogP contribution in [0.2, 0.25) is 0 Å². The second-order valence-electron chi connectivity index (χ2n) is 7.13. The Morgan fingerprint density at radius 2 is 2.21 bits per heavy atom. The van der Waals surface area contributed by atoms with Gasteiger partial charge in [-0.15, -0.1) is 11.3 Å². The number of hydrogen-bond donors (Lipinski definition) is 1. The minimum atomic E-state index is 0.00745. The Morgan fingerprint density at radius 3 is 2.96 bits per heavy atom. The van der Waals surface area contributed by atoms with Gasteiger partial charge in [-0.05, 0) is 17.9 Å². The number of thiophene rings is 1. The highest BCUT2D eigenvalue weighted by Gasteiger charge is 2.31. The Morgan fingerprint density at radius 1 is 1.32 bits per heavy atom. The highest BCUT2D eigenvalue weighted by atomic mass is 32.1. The van der Waals surface area contributed by atoms with Crippen molar-refractivity contribution in [2.75, 3.05) is 46.1 Å². The second kappa shape index (κ2) is 9.60. The van der Waals surface area contributed by atoms with Crippen LogP contribution < -0.4 is 5.32 Å². The van der Waals surface area contributed by atoms with Gasteiger partial charge in [0.2, 0.25) is 17.6 Å². The molecule has 1 N–H and O–H groups in total. The zero-order valence-corrected chi connectivity index (χ0v) is 16.7. The third kappa shape index (κ3) is 4.96. The molecule has 152 valence electrons. The van der Waals surface area contributed by atoms with E-state index in [1.807, 2.05) is 17.5 Å². The van der Waals surface area contributed by atoms with Crippen LogP contribution in [0.1, 0.15) is 18.7 Å². The minimum Gasteiger partial charge on any atom is -0.381 e. The van der Waals surface area contributed by atoms with Gasteiger partial charge in [0, 0.05) is 51.0 Å². The van der Waals surface area contributed by atoms with Crippen LogP contribution in [0.4, 0.5) is 0 Å². The van der Waals surface area contributed by atoms with Gasteiger partial charge in [0.1, 0.15) is 0 Å². The van der Waals surface area contributed by atoms with E-state index in [-0.39, 0.29) is 5.91 Å². The predicted molar refractivity (Wildman–Crippen MR) is 104 cm³/mol. The average molecular weight is 407 g/mol. The molecule has 4 rings (SSSR count). The van der Waals surface area contributed by atoms with Crippen LogP contribution in [0.5, 0.6) is 0 Å². The summed E-state index contributed by atoms with van der Waals surface area (Å²) in [6, 6.07) is 4.19. The lowest BCUT2D eigenvalue weighted by Gasteiger charge is -2.37. The van der Waals surface area contributed by atoms with Gasteiger partial charge in [0.05, 0.1) is 24.7 Å². The highest BCUT2D eigenvalue weighted by molar-refractivity contribution is 7.13. The van der Waals surface area contributed by atoms with Crippen molar-refractivity contribution in [1.29, 1.82) is 0 Å². The monoisotopic (exact) mass is 406 g/mol. The molecule has 2 atom stereocenters. The number of aromatic nitrogens is 2. The number of carbonyl (C=O) groups excluding carboxylic acids is 1. The molecule has 0 aliphatic carbocycles. The van der Waals surface area contributed by atoms with E-state index in [0.717, 1.165) is 50.8 Å². The molecule has 0 spiro atoms. The van der Waals surface area contributed by atoms with Crippen molar-refractivity contribution in [3.8, 4) is 10.7 Å². The fourth-order valence-electron chi connectivity index (χ4n) is 3.75. The number of nitrogens with one attached hydrogen (secondary N) is 1. The molecule has 2 aromatic heterocycles. The van der Waals surface area contributed by atoms with Gasteiger partial charge in [0.25, 0.3) is 0 Å². The molecule has 28 heavy (non-hydrogen) atoms. The van der Waals surface area contributed by atoms with Crippen LogP contribution in [-0.4, -0.2) is 73.1 Å². The van der Waals surface area contributed by atoms with Crippen molar-refractivity contribution in [3.63, 3.8) is 0 Å². The largest absolute Gasteiger partial charge is 0.381 e. The van der Waals surface area contributed by atoms with E-state index in [2.05, 4.69) is 20.4 Å². The fraction of sp³-hybridized carbons (Fsp3) is 0.632. The van der Waals surface area contributed by atoms with Crippen LogP contribution >= 0.6 is 11.3 Å². The number of carbonyl (C=O) groups is 1. The van der Waals surface area contributed by atoms with Gasteiger partial charge < -0.3 is 19.3 Å². The van der Waals surface area contributed by atoms with E-state index in [0.29, 0.717) is 43.1 Å². The molecule has 4 heterocycles. The van der Waals surface area contributed by atoms with Gasteiger partial charge in [-0.2, -0.15) is 4.98 Å². The number of morpholine rings is 1. The van der Waals surface area contributed by atoms with E-state index in [4.69, 9.17) is 14.0 Å². The van der Waals surface area contributed by atoms with Crippen molar-refractivity contribution >= 4 is 17.2 Å². The van der Waals surface area contributed by atoms with Crippen molar-refractivity contribution in [3.05, 3.63) is 23.4 Å². The summed E-state index contributed by atoms with van der Waals surface area (Å²) in [5.74, 6) is 1.54. The number of ether oxygens (including phenoxy) is 2. The van der Waals surface area contributed by atoms with Crippen molar-refractivity contribution in [2.45, 2.75) is 25.3 Å². The molecule has 0 aromatic carbocycles. The van der Waals surface area contributed by atoms with E-state index < -0.39 is 0 Å². The zero-order chi connectivity index (χ0) is 19.2. The van der Waals surface area contributed by atoms with E-state index in [1.54, 1.807) is 11.3 Å². The van der Waals surface area contributed by atoms with Gasteiger partial charge in [-0.25, -0.2) is 0 Å². The lowest BCUT2D eigenvalue weighted by Crippen LogP contribution is -2.52. The molecule has 2 aromatic rings. The zero-order valence-electron chi connectivity index (χ0n) is 15.8. The molecule has 2 saturated heterocycles. The molecule has 2 unspecified atom stereocenters. The summed E-state index contributed by atoms with van der Waals surface area (Å²) >= 11 is 1.56. The average Bonchev–Trinajstić information content (AvgIpc) is 3.49. The first-order chi connectivity index (χ1) is 13.8. The Bertz CT molecular complexity index is 739. The maximum Gasteiger partial charge on any atom is 0.227 e. The topological polar surface area (TPSA) is 89.7 Å². The molecule has 2 fully saturated rings. The summed E-state index contributed by atoms with van der Waals surface area (Å²) in [6.45, 7) is 5.53. The maximum absolute atomic E-state index is 12.4. The van der Waals surface area contributed by atoms with Gasteiger partial charge in [0.15, 0.2) is 0 Å². The predicted octanol–water partition coefficient (Wildman–Crippen LogP) is 1.58.